The van der Waals surface area contributed by atoms with Crippen LogP contribution in [0.3, 0.4) is 0 Å². The van der Waals surface area contributed by atoms with Gasteiger partial charge >= 0.3 is 0 Å². The number of imidazole rings is 1. The molecule has 0 bridgehead atoms. The largest absolute Gasteiger partial charge is 0.348 e. The van der Waals surface area contributed by atoms with Gasteiger partial charge in [-0.2, -0.15) is 10.2 Å². The fourth-order valence-electron chi connectivity index (χ4n) is 5.08. The van der Waals surface area contributed by atoms with Crippen molar-refractivity contribution >= 4 is 16.9 Å². The second-order valence-electron chi connectivity index (χ2n) is 9.12. The summed E-state index contributed by atoms with van der Waals surface area (Å²) in [6, 6.07) is 12.0. The van der Waals surface area contributed by atoms with E-state index in [4.69, 9.17) is 5.10 Å². The second-order valence-corrected chi connectivity index (χ2v) is 9.12. The summed E-state index contributed by atoms with van der Waals surface area (Å²) < 4.78 is 3.77. The molecule has 8 heteroatoms. The number of carbonyl (C=O) groups is 1. The average Bonchev–Trinajstić information content (AvgIpc) is 3.22. The van der Waals surface area contributed by atoms with Crippen LogP contribution in [0.2, 0.25) is 0 Å². The molecule has 5 aromatic heterocycles. The maximum atomic E-state index is 13.9. The van der Waals surface area contributed by atoms with Crippen molar-refractivity contribution in [3.63, 3.8) is 0 Å². The molecular formula is C25H23N7O. The standard InChI is InChI=1S/C25H23N7O/c1-15-3-2-4-18-11-21(29-32(15)18)24-23-20(26-14-27-23)9-10-30(24)25(33)19-12-28-31-13-17(16-5-6-16)7-8-22(19)31/h2-4,7-8,11-14,16,24H,5-6,9-10H2,1H3,(H,26,27). The van der Waals surface area contributed by atoms with Crippen molar-refractivity contribution in [3.05, 3.63) is 89.0 Å². The van der Waals surface area contributed by atoms with Crippen LogP contribution in [0.1, 0.15) is 63.5 Å². The number of carbonyl (C=O) groups excluding carboxylic acids is 1. The van der Waals surface area contributed by atoms with E-state index in [-0.39, 0.29) is 11.9 Å². The minimum Gasteiger partial charge on any atom is -0.348 e. The lowest BCUT2D eigenvalue weighted by molar-refractivity contribution is 0.0689. The monoisotopic (exact) mass is 437 g/mol. The van der Waals surface area contributed by atoms with Gasteiger partial charge in [-0.25, -0.2) is 14.0 Å². The van der Waals surface area contributed by atoms with E-state index in [2.05, 4.69) is 33.4 Å². The van der Waals surface area contributed by atoms with Gasteiger partial charge in [0.1, 0.15) is 6.04 Å². The van der Waals surface area contributed by atoms with Crippen molar-refractivity contribution < 1.29 is 4.79 Å². The van der Waals surface area contributed by atoms with Crippen LogP contribution in [0.25, 0.3) is 11.0 Å². The van der Waals surface area contributed by atoms with Crippen LogP contribution in [0.5, 0.6) is 0 Å². The van der Waals surface area contributed by atoms with Crippen molar-refractivity contribution in [1.29, 1.82) is 0 Å². The number of H-pyrrole nitrogens is 1. The molecule has 33 heavy (non-hydrogen) atoms. The number of aromatic amines is 1. The predicted molar refractivity (Wildman–Crippen MR) is 122 cm³/mol. The Bertz CT molecular complexity index is 1540. The van der Waals surface area contributed by atoms with E-state index in [0.29, 0.717) is 18.0 Å². The summed E-state index contributed by atoms with van der Waals surface area (Å²) in [5, 5.41) is 9.39. The number of hydrogen-bond donors (Lipinski definition) is 1. The van der Waals surface area contributed by atoms with E-state index in [1.807, 2.05) is 45.1 Å². The molecular weight excluding hydrogens is 414 g/mol. The van der Waals surface area contributed by atoms with Gasteiger partial charge in [0.15, 0.2) is 0 Å². The predicted octanol–water partition coefficient (Wildman–Crippen LogP) is 3.68. The Morgan fingerprint density at radius 3 is 2.94 bits per heavy atom. The van der Waals surface area contributed by atoms with Gasteiger partial charge in [0.25, 0.3) is 5.91 Å². The minimum atomic E-state index is -0.354. The lowest BCUT2D eigenvalue weighted by Gasteiger charge is -2.33. The van der Waals surface area contributed by atoms with Crippen molar-refractivity contribution in [1.82, 2.24) is 34.1 Å². The molecule has 1 atom stereocenters. The van der Waals surface area contributed by atoms with E-state index in [1.54, 1.807) is 12.5 Å². The number of pyridine rings is 2. The van der Waals surface area contributed by atoms with Gasteiger partial charge in [-0.1, -0.05) is 12.1 Å². The number of fused-ring (bicyclic) bond motifs is 3. The number of hydrogen-bond acceptors (Lipinski definition) is 4. The van der Waals surface area contributed by atoms with Crippen LogP contribution in [0.4, 0.5) is 0 Å². The quantitative estimate of drug-likeness (QED) is 0.467. The van der Waals surface area contributed by atoms with Crippen molar-refractivity contribution in [3.8, 4) is 0 Å². The van der Waals surface area contributed by atoms with E-state index in [1.165, 1.54) is 18.4 Å². The molecule has 1 aliphatic carbocycles. The number of nitrogens with zero attached hydrogens (tertiary/aromatic N) is 6. The molecule has 7 rings (SSSR count). The first-order valence-corrected chi connectivity index (χ1v) is 11.4. The Hall–Kier alpha value is -3.94. The van der Waals surface area contributed by atoms with Gasteiger partial charge in [0.2, 0.25) is 0 Å². The average molecular weight is 438 g/mol. The van der Waals surface area contributed by atoms with Crippen LogP contribution >= 0.6 is 0 Å². The Labute approximate surface area is 189 Å². The normalized spacial score (nSPS) is 18.2. The summed E-state index contributed by atoms with van der Waals surface area (Å²) >= 11 is 0. The van der Waals surface area contributed by atoms with Crippen LogP contribution in [-0.2, 0) is 6.42 Å². The van der Waals surface area contributed by atoms with Crippen LogP contribution in [0.15, 0.2) is 55.1 Å². The summed E-state index contributed by atoms with van der Waals surface area (Å²) in [5.74, 6) is 0.595. The molecule has 6 heterocycles. The molecule has 1 fully saturated rings. The first kappa shape index (κ1) is 18.6. The minimum absolute atomic E-state index is 0.0448. The molecule has 1 N–H and O–H groups in total. The van der Waals surface area contributed by atoms with Crippen molar-refractivity contribution in [2.75, 3.05) is 6.54 Å². The van der Waals surface area contributed by atoms with E-state index < -0.39 is 0 Å². The fourth-order valence-corrected chi connectivity index (χ4v) is 5.08. The van der Waals surface area contributed by atoms with Crippen molar-refractivity contribution in [2.45, 2.75) is 38.1 Å². The van der Waals surface area contributed by atoms with E-state index >= 15 is 0 Å². The third-order valence-corrected chi connectivity index (χ3v) is 6.98. The topological polar surface area (TPSA) is 83.6 Å². The first-order chi connectivity index (χ1) is 16.2. The smallest absolute Gasteiger partial charge is 0.258 e. The summed E-state index contributed by atoms with van der Waals surface area (Å²) in [6.07, 6.45) is 8.67. The highest BCUT2D eigenvalue weighted by Gasteiger charge is 2.37. The van der Waals surface area contributed by atoms with Gasteiger partial charge in [-0.15, -0.1) is 0 Å². The van der Waals surface area contributed by atoms with E-state index in [9.17, 15) is 4.79 Å². The summed E-state index contributed by atoms with van der Waals surface area (Å²) in [5.41, 5.74) is 7.53. The Balaban J connectivity index is 1.33. The number of amides is 1. The second kappa shape index (κ2) is 6.78. The molecule has 1 saturated carbocycles. The van der Waals surface area contributed by atoms with Crippen LogP contribution in [0, 0.1) is 6.92 Å². The molecule has 1 amide bonds. The molecule has 0 saturated heterocycles. The molecule has 164 valence electrons. The Morgan fingerprint density at radius 2 is 2.09 bits per heavy atom. The van der Waals surface area contributed by atoms with Crippen LogP contribution in [-0.4, -0.2) is 46.5 Å². The summed E-state index contributed by atoms with van der Waals surface area (Å²) in [7, 11) is 0. The fraction of sp³-hybridized carbons (Fsp3) is 0.280. The SMILES string of the molecule is Cc1cccc2cc(C3c4nc[nH]c4CCN3C(=O)c3cnn4cc(C5CC5)ccc34)nn12. The zero-order chi connectivity index (χ0) is 22.1. The molecule has 0 aromatic carbocycles. The highest BCUT2D eigenvalue weighted by Crippen LogP contribution is 2.40. The third kappa shape index (κ3) is 2.83. The van der Waals surface area contributed by atoms with Crippen LogP contribution < -0.4 is 0 Å². The number of nitrogens with one attached hydrogen (secondary N) is 1. The molecule has 0 radical (unpaired) electrons. The zero-order valence-corrected chi connectivity index (χ0v) is 18.3. The van der Waals surface area contributed by atoms with Gasteiger partial charge in [-0.05, 0) is 55.5 Å². The third-order valence-electron chi connectivity index (χ3n) is 6.98. The molecule has 1 aliphatic heterocycles. The lowest BCUT2D eigenvalue weighted by Crippen LogP contribution is -2.41. The molecule has 0 spiro atoms. The molecule has 2 aliphatic rings. The highest BCUT2D eigenvalue weighted by atomic mass is 16.2. The molecule has 8 nitrogen and oxygen atoms in total. The van der Waals surface area contributed by atoms with Crippen molar-refractivity contribution in [2.24, 2.45) is 0 Å². The summed E-state index contributed by atoms with van der Waals surface area (Å²) in [4.78, 5) is 23.6. The lowest BCUT2D eigenvalue weighted by atomic mass is 9.98. The first-order valence-electron chi connectivity index (χ1n) is 11.4. The van der Waals surface area contributed by atoms with E-state index in [0.717, 1.165) is 40.2 Å². The highest BCUT2D eigenvalue weighted by molar-refractivity contribution is 6.01. The van der Waals surface area contributed by atoms with Gasteiger partial charge in [0, 0.05) is 30.6 Å². The van der Waals surface area contributed by atoms with Gasteiger partial charge in [-0.3, -0.25) is 4.79 Å². The molecule has 5 aromatic rings. The Kier molecular flexibility index (Phi) is 3.82. The maximum absolute atomic E-state index is 13.9. The Morgan fingerprint density at radius 1 is 1.18 bits per heavy atom. The van der Waals surface area contributed by atoms with Gasteiger partial charge < -0.3 is 9.88 Å². The number of aryl methyl sites for hydroxylation is 1. The number of rotatable bonds is 3. The zero-order valence-electron chi connectivity index (χ0n) is 18.3. The molecule has 1 unspecified atom stereocenters. The summed E-state index contributed by atoms with van der Waals surface area (Å²) in [6.45, 7) is 2.62. The van der Waals surface area contributed by atoms with Gasteiger partial charge in [0.05, 0.1) is 40.5 Å². The number of aromatic nitrogens is 6. The maximum Gasteiger partial charge on any atom is 0.258 e.